The number of hydrogen-bond donors (Lipinski definition) is 2. The maximum absolute atomic E-state index is 12.3. The van der Waals surface area contributed by atoms with Crippen LogP contribution in [-0.4, -0.2) is 35.0 Å². The highest BCUT2D eigenvalue weighted by atomic mass is 35.5. The molecular formula is C14H20ClN3OS. The number of thioether (sulfide) groups is 1. The third-order valence-electron chi connectivity index (χ3n) is 3.47. The average molecular weight is 314 g/mol. The van der Waals surface area contributed by atoms with E-state index in [1.165, 1.54) is 6.42 Å². The minimum absolute atomic E-state index is 0.0693. The lowest BCUT2D eigenvalue weighted by atomic mass is 10.2. The van der Waals surface area contributed by atoms with Crippen LogP contribution in [0.25, 0.3) is 0 Å². The van der Waals surface area contributed by atoms with E-state index in [1.807, 2.05) is 18.7 Å². The first-order valence-corrected chi connectivity index (χ1v) is 8.54. The Morgan fingerprint density at radius 1 is 1.50 bits per heavy atom. The number of anilines is 1. The SMILES string of the molecule is CCNc1cc(C(=O)NC2CCC(SC)C2)cc(Cl)n1. The number of carbonyl (C=O) groups excluding carboxylic acids is 1. The molecule has 1 aromatic heterocycles. The Balaban J connectivity index is 2.02. The van der Waals surface area contributed by atoms with E-state index in [2.05, 4.69) is 21.9 Å². The maximum atomic E-state index is 12.3. The summed E-state index contributed by atoms with van der Waals surface area (Å²) in [5.41, 5.74) is 0.563. The molecular weight excluding hydrogens is 294 g/mol. The summed E-state index contributed by atoms with van der Waals surface area (Å²) in [5.74, 6) is 0.568. The van der Waals surface area contributed by atoms with Crippen LogP contribution in [0.15, 0.2) is 12.1 Å². The second kappa shape index (κ2) is 7.18. The fraction of sp³-hybridized carbons (Fsp3) is 0.571. The Bertz CT molecular complexity index is 483. The van der Waals surface area contributed by atoms with Crippen LogP contribution in [0.1, 0.15) is 36.5 Å². The van der Waals surface area contributed by atoms with E-state index >= 15 is 0 Å². The van der Waals surface area contributed by atoms with Gasteiger partial charge in [0, 0.05) is 23.4 Å². The molecule has 0 saturated heterocycles. The molecule has 2 atom stereocenters. The number of rotatable bonds is 5. The van der Waals surface area contributed by atoms with Crippen LogP contribution >= 0.6 is 23.4 Å². The summed E-state index contributed by atoms with van der Waals surface area (Å²) >= 11 is 7.84. The van der Waals surface area contributed by atoms with Crippen molar-refractivity contribution in [3.63, 3.8) is 0 Å². The minimum Gasteiger partial charge on any atom is -0.370 e. The van der Waals surface area contributed by atoms with Crippen LogP contribution in [-0.2, 0) is 0 Å². The standard InChI is InChI=1S/C14H20ClN3OS/c1-3-16-13-7-9(6-12(15)18-13)14(19)17-10-4-5-11(8-10)20-2/h6-7,10-11H,3-5,8H2,1-2H3,(H,16,18)(H,17,19). The highest BCUT2D eigenvalue weighted by Gasteiger charge is 2.25. The summed E-state index contributed by atoms with van der Waals surface area (Å²) in [6.07, 6.45) is 5.40. The number of nitrogens with zero attached hydrogens (tertiary/aromatic N) is 1. The van der Waals surface area contributed by atoms with Gasteiger partial charge in [0.25, 0.3) is 5.91 Å². The Morgan fingerprint density at radius 2 is 2.30 bits per heavy atom. The highest BCUT2D eigenvalue weighted by Crippen LogP contribution is 2.28. The minimum atomic E-state index is -0.0693. The molecule has 0 aromatic carbocycles. The molecule has 1 fully saturated rings. The van der Waals surface area contributed by atoms with Crippen LogP contribution in [0.2, 0.25) is 5.15 Å². The van der Waals surface area contributed by atoms with E-state index in [0.29, 0.717) is 21.8 Å². The van der Waals surface area contributed by atoms with Gasteiger partial charge in [-0.1, -0.05) is 11.6 Å². The lowest BCUT2D eigenvalue weighted by Gasteiger charge is -2.13. The summed E-state index contributed by atoms with van der Waals surface area (Å²) < 4.78 is 0. The van der Waals surface area contributed by atoms with Crippen molar-refractivity contribution >= 4 is 35.1 Å². The average Bonchev–Trinajstić information content (AvgIpc) is 2.86. The van der Waals surface area contributed by atoms with Crippen molar-refractivity contribution in [2.45, 2.75) is 37.5 Å². The van der Waals surface area contributed by atoms with E-state index < -0.39 is 0 Å². The summed E-state index contributed by atoms with van der Waals surface area (Å²) in [6, 6.07) is 3.62. The highest BCUT2D eigenvalue weighted by molar-refractivity contribution is 7.99. The monoisotopic (exact) mass is 313 g/mol. The van der Waals surface area contributed by atoms with Crippen molar-refractivity contribution in [1.82, 2.24) is 10.3 Å². The van der Waals surface area contributed by atoms with Gasteiger partial charge in [0.05, 0.1) is 0 Å². The van der Waals surface area contributed by atoms with Crippen molar-refractivity contribution < 1.29 is 4.79 Å². The Kier molecular flexibility index (Phi) is 5.54. The molecule has 1 amide bonds. The van der Waals surface area contributed by atoms with Gasteiger partial charge in [0.2, 0.25) is 0 Å². The molecule has 4 nitrogen and oxygen atoms in total. The van der Waals surface area contributed by atoms with Gasteiger partial charge in [-0.2, -0.15) is 11.8 Å². The molecule has 20 heavy (non-hydrogen) atoms. The molecule has 6 heteroatoms. The second-order valence-corrected chi connectivity index (χ2v) is 6.46. The van der Waals surface area contributed by atoms with Crippen molar-refractivity contribution in [2.75, 3.05) is 18.1 Å². The molecule has 1 saturated carbocycles. The van der Waals surface area contributed by atoms with Crippen molar-refractivity contribution in [1.29, 1.82) is 0 Å². The topological polar surface area (TPSA) is 54.0 Å². The fourth-order valence-corrected chi connectivity index (χ4v) is 3.46. The zero-order valence-electron chi connectivity index (χ0n) is 11.8. The molecule has 2 rings (SSSR count). The van der Waals surface area contributed by atoms with E-state index in [0.717, 1.165) is 19.4 Å². The van der Waals surface area contributed by atoms with Gasteiger partial charge >= 0.3 is 0 Å². The molecule has 2 unspecified atom stereocenters. The molecule has 0 radical (unpaired) electrons. The summed E-state index contributed by atoms with van der Waals surface area (Å²) in [7, 11) is 0. The van der Waals surface area contributed by atoms with Crippen molar-refractivity contribution in [3.8, 4) is 0 Å². The molecule has 0 bridgehead atoms. The molecule has 1 aliphatic carbocycles. The summed E-state index contributed by atoms with van der Waals surface area (Å²) in [4.78, 5) is 16.4. The smallest absolute Gasteiger partial charge is 0.251 e. The molecule has 0 aliphatic heterocycles. The quantitative estimate of drug-likeness (QED) is 0.820. The van der Waals surface area contributed by atoms with Crippen LogP contribution < -0.4 is 10.6 Å². The zero-order valence-corrected chi connectivity index (χ0v) is 13.4. The first-order chi connectivity index (χ1) is 9.62. The van der Waals surface area contributed by atoms with Crippen LogP contribution in [0, 0.1) is 0 Å². The normalized spacial score (nSPS) is 21.8. The van der Waals surface area contributed by atoms with Crippen LogP contribution in [0.3, 0.4) is 0 Å². The van der Waals surface area contributed by atoms with Crippen LogP contribution in [0.4, 0.5) is 5.82 Å². The van der Waals surface area contributed by atoms with E-state index in [9.17, 15) is 4.79 Å². The first-order valence-electron chi connectivity index (χ1n) is 6.87. The molecule has 0 spiro atoms. The van der Waals surface area contributed by atoms with Gasteiger partial charge in [-0.25, -0.2) is 4.98 Å². The van der Waals surface area contributed by atoms with Gasteiger partial charge in [0.1, 0.15) is 11.0 Å². The number of pyridine rings is 1. The van der Waals surface area contributed by atoms with E-state index in [4.69, 9.17) is 11.6 Å². The number of nitrogens with one attached hydrogen (secondary N) is 2. The third kappa shape index (κ3) is 4.03. The Morgan fingerprint density at radius 3 is 2.95 bits per heavy atom. The van der Waals surface area contributed by atoms with Crippen LogP contribution in [0.5, 0.6) is 0 Å². The largest absolute Gasteiger partial charge is 0.370 e. The predicted molar refractivity (Wildman–Crippen MR) is 85.8 cm³/mol. The lowest BCUT2D eigenvalue weighted by Crippen LogP contribution is -2.33. The van der Waals surface area contributed by atoms with E-state index in [1.54, 1.807) is 12.1 Å². The lowest BCUT2D eigenvalue weighted by molar-refractivity contribution is 0.0938. The Labute approximate surface area is 129 Å². The molecule has 1 heterocycles. The third-order valence-corrected chi connectivity index (χ3v) is 4.76. The zero-order chi connectivity index (χ0) is 14.5. The van der Waals surface area contributed by atoms with Gasteiger partial charge in [0.15, 0.2) is 0 Å². The Hall–Kier alpha value is -0.940. The van der Waals surface area contributed by atoms with Gasteiger partial charge in [-0.15, -0.1) is 0 Å². The van der Waals surface area contributed by atoms with Gasteiger partial charge in [-0.05, 0) is 44.6 Å². The number of carbonyl (C=O) groups is 1. The summed E-state index contributed by atoms with van der Waals surface area (Å²) in [5, 5.41) is 7.16. The number of hydrogen-bond acceptors (Lipinski definition) is 4. The predicted octanol–water partition coefficient (Wildman–Crippen LogP) is 3.18. The molecule has 110 valence electrons. The van der Waals surface area contributed by atoms with Gasteiger partial charge in [-0.3, -0.25) is 4.79 Å². The molecule has 1 aliphatic rings. The number of halogens is 1. The number of amides is 1. The maximum Gasteiger partial charge on any atom is 0.251 e. The number of aromatic nitrogens is 1. The van der Waals surface area contributed by atoms with Gasteiger partial charge < -0.3 is 10.6 Å². The first kappa shape index (κ1) is 15.4. The molecule has 2 N–H and O–H groups in total. The van der Waals surface area contributed by atoms with Crippen molar-refractivity contribution in [2.24, 2.45) is 0 Å². The van der Waals surface area contributed by atoms with E-state index in [-0.39, 0.29) is 11.9 Å². The summed E-state index contributed by atoms with van der Waals surface area (Å²) in [6.45, 7) is 2.72. The molecule has 1 aromatic rings. The fourth-order valence-electron chi connectivity index (χ4n) is 2.45. The van der Waals surface area contributed by atoms with Crippen molar-refractivity contribution in [3.05, 3.63) is 22.8 Å². The second-order valence-electron chi connectivity index (χ2n) is 4.94.